The van der Waals surface area contributed by atoms with E-state index in [1.54, 1.807) is 13.2 Å². The molecule has 0 atom stereocenters. The zero-order valence-electron chi connectivity index (χ0n) is 12.9. The number of fused-ring (bicyclic) bond motifs is 1. The molecule has 3 rings (SSSR count). The molecule has 0 aliphatic rings. The lowest BCUT2D eigenvalue weighted by atomic mass is 10.0. The van der Waals surface area contributed by atoms with Gasteiger partial charge in [-0.1, -0.05) is 48.5 Å². The van der Waals surface area contributed by atoms with Crippen LogP contribution < -0.4 is 15.4 Å². The highest BCUT2D eigenvalue weighted by Gasteiger charge is 2.05. The summed E-state index contributed by atoms with van der Waals surface area (Å²) in [4.78, 5) is 12.1. The molecule has 0 spiro atoms. The molecule has 0 aliphatic carbocycles. The van der Waals surface area contributed by atoms with E-state index >= 15 is 0 Å². The molecular formula is C19H18N2O2. The summed E-state index contributed by atoms with van der Waals surface area (Å²) >= 11 is 0. The number of hydrogen-bond acceptors (Lipinski definition) is 2. The zero-order valence-corrected chi connectivity index (χ0v) is 12.9. The van der Waals surface area contributed by atoms with Crippen LogP contribution in [0.1, 0.15) is 5.56 Å². The number of carbonyl (C=O) groups is 1. The number of nitrogens with one attached hydrogen (secondary N) is 2. The molecule has 0 unspecified atom stereocenters. The van der Waals surface area contributed by atoms with E-state index in [4.69, 9.17) is 4.74 Å². The van der Waals surface area contributed by atoms with Crippen molar-refractivity contribution in [3.63, 3.8) is 0 Å². The van der Waals surface area contributed by atoms with Gasteiger partial charge in [0.05, 0.1) is 7.11 Å². The third-order valence-electron chi connectivity index (χ3n) is 3.65. The van der Waals surface area contributed by atoms with Crippen LogP contribution in [-0.2, 0) is 6.54 Å². The Kier molecular flexibility index (Phi) is 4.43. The molecule has 3 aromatic carbocycles. The highest BCUT2D eigenvalue weighted by Crippen LogP contribution is 2.19. The van der Waals surface area contributed by atoms with Crippen molar-refractivity contribution in [2.75, 3.05) is 12.4 Å². The maximum Gasteiger partial charge on any atom is 0.319 e. The van der Waals surface area contributed by atoms with Gasteiger partial charge in [-0.25, -0.2) is 4.79 Å². The third-order valence-corrected chi connectivity index (χ3v) is 3.65. The molecule has 0 aromatic heterocycles. The Morgan fingerprint density at radius 1 is 1.00 bits per heavy atom. The minimum Gasteiger partial charge on any atom is -0.497 e. The molecule has 0 aliphatic heterocycles. The molecule has 0 fully saturated rings. The van der Waals surface area contributed by atoms with E-state index in [2.05, 4.69) is 28.8 Å². The normalized spacial score (nSPS) is 10.3. The topological polar surface area (TPSA) is 50.4 Å². The largest absolute Gasteiger partial charge is 0.497 e. The van der Waals surface area contributed by atoms with E-state index in [1.165, 1.54) is 5.39 Å². The fourth-order valence-electron chi connectivity index (χ4n) is 2.50. The Morgan fingerprint density at radius 2 is 1.78 bits per heavy atom. The fourth-order valence-corrected chi connectivity index (χ4v) is 2.50. The number of hydrogen-bond donors (Lipinski definition) is 2. The van der Waals surface area contributed by atoms with Gasteiger partial charge in [-0.2, -0.15) is 0 Å². The second-order valence-electron chi connectivity index (χ2n) is 5.18. The van der Waals surface area contributed by atoms with Crippen molar-refractivity contribution < 1.29 is 9.53 Å². The Balaban J connectivity index is 1.66. The van der Waals surface area contributed by atoms with Crippen LogP contribution in [0.3, 0.4) is 0 Å². The zero-order chi connectivity index (χ0) is 16.1. The molecular weight excluding hydrogens is 288 g/mol. The fraction of sp³-hybridized carbons (Fsp3) is 0.105. The van der Waals surface area contributed by atoms with Gasteiger partial charge in [0.25, 0.3) is 0 Å². The average Bonchev–Trinajstić information content (AvgIpc) is 2.60. The number of carbonyl (C=O) groups excluding carboxylic acids is 1. The summed E-state index contributed by atoms with van der Waals surface area (Å²) in [6, 6.07) is 21.2. The van der Waals surface area contributed by atoms with Gasteiger partial charge in [-0.3, -0.25) is 0 Å². The van der Waals surface area contributed by atoms with E-state index < -0.39 is 0 Å². The van der Waals surface area contributed by atoms with E-state index in [1.807, 2.05) is 42.5 Å². The Morgan fingerprint density at radius 3 is 2.65 bits per heavy atom. The second kappa shape index (κ2) is 6.83. The molecule has 4 heteroatoms. The predicted octanol–water partition coefficient (Wildman–Crippen LogP) is 4.17. The number of urea groups is 1. The summed E-state index contributed by atoms with van der Waals surface area (Å²) in [5.41, 5.74) is 1.78. The number of ether oxygens (including phenoxy) is 1. The summed E-state index contributed by atoms with van der Waals surface area (Å²) in [6.07, 6.45) is 0. The van der Waals surface area contributed by atoms with Crippen LogP contribution in [0.15, 0.2) is 66.7 Å². The lowest BCUT2D eigenvalue weighted by Gasteiger charge is -2.10. The van der Waals surface area contributed by atoms with E-state index in [9.17, 15) is 4.79 Å². The molecule has 0 radical (unpaired) electrons. The van der Waals surface area contributed by atoms with Crippen molar-refractivity contribution in [3.8, 4) is 5.75 Å². The Bertz CT molecular complexity index is 825. The molecule has 116 valence electrons. The van der Waals surface area contributed by atoms with Crippen LogP contribution >= 0.6 is 0 Å². The summed E-state index contributed by atoms with van der Waals surface area (Å²) in [7, 11) is 1.60. The van der Waals surface area contributed by atoms with Crippen molar-refractivity contribution in [1.29, 1.82) is 0 Å². The smallest absolute Gasteiger partial charge is 0.319 e. The van der Waals surface area contributed by atoms with Crippen LogP contribution in [0.5, 0.6) is 5.75 Å². The van der Waals surface area contributed by atoms with Gasteiger partial charge in [-0.05, 0) is 28.5 Å². The molecule has 2 N–H and O–H groups in total. The molecule has 4 nitrogen and oxygen atoms in total. The van der Waals surface area contributed by atoms with Crippen LogP contribution in [0, 0.1) is 0 Å². The molecule has 0 bridgehead atoms. The van der Waals surface area contributed by atoms with Crippen molar-refractivity contribution in [2.45, 2.75) is 6.54 Å². The molecule has 2 amide bonds. The molecule has 0 heterocycles. The number of anilines is 1. The van der Waals surface area contributed by atoms with Gasteiger partial charge in [0.15, 0.2) is 0 Å². The SMILES string of the molecule is COc1cccc(NC(=O)NCc2cccc3ccccc23)c1. The van der Waals surface area contributed by atoms with Gasteiger partial charge in [0, 0.05) is 18.3 Å². The monoisotopic (exact) mass is 306 g/mol. The lowest BCUT2D eigenvalue weighted by molar-refractivity contribution is 0.252. The Hall–Kier alpha value is -3.01. The van der Waals surface area contributed by atoms with Crippen LogP contribution in [-0.4, -0.2) is 13.1 Å². The summed E-state index contributed by atoms with van der Waals surface area (Å²) in [6.45, 7) is 0.469. The van der Waals surface area contributed by atoms with Gasteiger partial charge in [-0.15, -0.1) is 0 Å². The number of benzene rings is 3. The molecule has 0 saturated heterocycles. The molecule has 0 saturated carbocycles. The highest BCUT2D eigenvalue weighted by atomic mass is 16.5. The first-order valence-corrected chi connectivity index (χ1v) is 7.42. The summed E-state index contributed by atoms with van der Waals surface area (Å²) in [5.74, 6) is 0.705. The van der Waals surface area contributed by atoms with Crippen LogP contribution in [0.2, 0.25) is 0 Å². The summed E-state index contributed by atoms with van der Waals surface area (Å²) in [5, 5.41) is 8.01. The number of methoxy groups -OCH3 is 1. The first-order chi connectivity index (χ1) is 11.3. The Labute approximate surface area is 135 Å². The first-order valence-electron chi connectivity index (χ1n) is 7.42. The number of amides is 2. The van der Waals surface area contributed by atoms with Gasteiger partial charge in [0.2, 0.25) is 0 Å². The minimum absolute atomic E-state index is 0.244. The highest BCUT2D eigenvalue weighted by molar-refractivity contribution is 5.90. The standard InChI is InChI=1S/C19H18N2O2/c1-23-17-10-5-9-16(12-17)21-19(22)20-13-15-8-4-7-14-6-2-3-11-18(14)15/h2-12H,13H2,1H3,(H2,20,21,22). The number of rotatable bonds is 4. The van der Waals surface area contributed by atoms with Crippen molar-refractivity contribution in [2.24, 2.45) is 0 Å². The van der Waals surface area contributed by atoms with E-state index in [-0.39, 0.29) is 6.03 Å². The maximum absolute atomic E-state index is 12.1. The molecule has 3 aromatic rings. The van der Waals surface area contributed by atoms with Crippen LogP contribution in [0.25, 0.3) is 10.8 Å². The second-order valence-corrected chi connectivity index (χ2v) is 5.18. The lowest BCUT2D eigenvalue weighted by Crippen LogP contribution is -2.28. The quantitative estimate of drug-likeness (QED) is 0.760. The van der Waals surface area contributed by atoms with Crippen molar-refractivity contribution in [3.05, 3.63) is 72.3 Å². The minimum atomic E-state index is -0.244. The molecule has 23 heavy (non-hydrogen) atoms. The van der Waals surface area contributed by atoms with E-state index in [0.717, 1.165) is 10.9 Å². The predicted molar refractivity (Wildman–Crippen MR) is 92.8 cm³/mol. The summed E-state index contributed by atoms with van der Waals surface area (Å²) < 4.78 is 5.14. The average molecular weight is 306 g/mol. The van der Waals surface area contributed by atoms with E-state index in [0.29, 0.717) is 18.0 Å². The van der Waals surface area contributed by atoms with Crippen molar-refractivity contribution in [1.82, 2.24) is 5.32 Å². The van der Waals surface area contributed by atoms with Crippen LogP contribution in [0.4, 0.5) is 10.5 Å². The van der Waals surface area contributed by atoms with Gasteiger partial charge in [0.1, 0.15) is 5.75 Å². The third kappa shape index (κ3) is 3.61. The van der Waals surface area contributed by atoms with Gasteiger partial charge < -0.3 is 15.4 Å². The van der Waals surface area contributed by atoms with Gasteiger partial charge >= 0.3 is 6.03 Å². The van der Waals surface area contributed by atoms with Crippen molar-refractivity contribution >= 4 is 22.5 Å². The first kappa shape index (κ1) is 14.9. The maximum atomic E-state index is 12.1.